The van der Waals surface area contributed by atoms with Crippen molar-refractivity contribution in [1.82, 2.24) is 10.2 Å². The SMILES string of the molecule is COc1cc(OC)cc(OCC(=O)N(Cc2cccc(Br)c2)[C@H](C)C(=O)NC(C)(C)C)c1. The summed E-state index contributed by atoms with van der Waals surface area (Å²) in [7, 11) is 3.08. The molecule has 2 rings (SSSR count). The van der Waals surface area contributed by atoms with Crippen LogP contribution in [0.25, 0.3) is 0 Å². The Bertz CT molecular complexity index is 920. The van der Waals surface area contributed by atoms with Crippen LogP contribution in [0.2, 0.25) is 0 Å². The Morgan fingerprint density at radius 3 is 2.16 bits per heavy atom. The predicted octanol–water partition coefficient (Wildman–Crippen LogP) is 4.18. The number of carbonyl (C=O) groups is 2. The number of hydrogen-bond donors (Lipinski definition) is 1. The third kappa shape index (κ3) is 7.75. The number of carbonyl (C=O) groups excluding carboxylic acids is 2. The van der Waals surface area contributed by atoms with Crippen LogP contribution in [0.15, 0.2) is 46.9 Å². The van der Waals surface area contributed by atoms with Crippen LogP contribution in [-0.2, 0) is 16.1 Å². The number of amides is 2. The number of rotatable bonds is 9. The summed E-state index contributed by atoms with van der Waals surface area (Å²) in [6, 6.07) is 12.0. The zero-order valence-electron chi connectivity index (χ0n) is 19.4. The second kappa shape index (κ2) is 11.2. The normalized spacial score (nSPS) is 12.0. The summed E-state index contributed by atoms with van der Waals surface area (Å²) >= 11 is 3.45. The van der Waals surface area contributed by atoms with E-state index in [-0.39, 0.29) is 25.0 Å². The lowest BCUT2D eigenvalue weighted by molar-refractivity contribution is -0.142. The fraction of sp³-hybridized carbons (Fsp3) is 0.417. The molecule has 0 saturated carbocycles. The fourth-order valence-corrected chi connectivity index (χ4v) is 3.43. The van der Waals surface area contributed by atoms with E-state index in [4.69, 9.17) is 14.2 Å². The first-order chi connectivity index (χ1) is 15.0. The van der Waals surface area contributed by atoms with Gasteiger partial charge in [0.15, 0.2) is 6.61 Å². The average molecular weight is 507 g/mol. The fourth-order valence-electron chi connectivity index (χ4n) is 2.98. The van der Waals surface area contributed by atoms with Gasteiger partial charge in [0, 0.05) is 34.8 Å². The largest absolute Gasteiger partial charge is 0.496 e. The van der Waals surface area contributed by atoms with Crippen molar-refractivity contribution in [2.75, 3.05) is 20.8 Å². The summed E-state index contributed by atoms with van der Waals surface area (Å²) in [4.78, 5) is 27.5. The number of hydrogen-bond acceptors (Lipinski definition) is 5. The first-order valence-electron chi connectivity index (χ1n) is 10.2. The van der Waals surface area contributed by atoms with E-state index in [1.807, 2.05) is 45.0 Å². The molecule has 0 spiro atoms. The van der Waals surface area contributed by atoms with Crippen LogP contribution in [0.3, 0.4) is 0 Å². The van der Waals surface area contributed by atoms with Crippen molar-refractivity contribution in [1.29, 1.82) is 0 Å². The minimum absolute atomic E-state index is 0.233. The molecule has 2 aromatic carbocycles. The quantitative estimate of drug-likeness (QED) is 0.551. The molecular formula is C24H31BrN2O5. The molecule has 2 amide bonds. The highest BCUT2D eigenvalue weighted by Gasteiger charge is 2.28. The lowest BCUT2D eigenvalue weighted by atomic mass is 10.1. The minimum atomic E-state index is -0.691. The van der Waals surface area contributed by atoms with Gasteiger partial charge in [0.2, 0.25) is 5.91 Å². The third-order valence-corrected chi connectivity index (χ3v) is 5.09. The highest BCUT2D eigenvalue weighted by Crippen LogP contribution is 2.27. The Hall–Kier alpha value is -2.74. The Kier molecular flexibility index (Phi) is 8.95. The molecule has 32 heavy (non-hydrogen) atoms. The van der Waals surface area contributed by atoms with Gasteiger partial charge in [0.1, 0.15) is 23.3 Å². The summed E-state index contributed by atoms with van der Waals surface area (Å²) in [5.41, 5.74) is 0.481. The standard InChI is InChI=1S/C24H31BrN2O5/c1-16(23(29)26-24(2,3)4)27(14-17-8-7-9-18(25)10-17)22(28)15-32-21-12-19(30-5)11-20(13-21)31-6/h7-13,16H,14-15H2,1-6H3,(H,26,29)/t16-/m1/s1. The number of halogens is 1. The molecular weight excluding hydrogens is 476 g/mol. The number of benzene rings is 2. The second-order valence-corrected chi connectivity index (χ2v) is 9.32. The van der Waals surface area contributed by atoms with Crippen LogP contribution < -0.4 is 19.5 Å². The molecule has 0 radical (unpaired) electrons. The smallest absolute Gasteiger partial charge is 0.261 e. The van der Waals surface area contributed by atoms with Gasteiger partial charge in [-0.1, -0.05) is 28.1 Å². The summed E-state index contributed by atoms with van der Waals surface area (Å²) in [5.74, 6) is 0.988. The molecule has 8 heteroatoms. The van der Waals surface area contributed by atoms with Gasteiger partial charge in [-0.3, -0.25) is 9.59 Å². The van der Waals surface area contributed by atoms with Gasteiger partial charge in [0.05, 0.1) is 14.2 Å². The van der Waals surface area contributed by atoms with E-state index in [9.17, 15) is 9.59 Å². The molecule has 0 fully saturated rings. The lowest BCUT2D eigenvalue weighted by Gasteiger charge is -2.31. The van der Waals surface area contributed by atoms with E-state index in [1.54, 1.807) is 39.3 Å². The second-order valence-electron chi connectivity index (χ2n) is 8.40. The number of ether oxygens (including phenoxy) is 3. The first-order valence-corrected chi connectivity index (χ1v) is 11.0. The van der Waals surface area contributed by atoms with Gasteiger partial charge in [-0.2, -0.15) is 0 Å². The maximum atomic E-state index is 13.2. The van der Waals surface area contributed by atoms with Crippen molar-refractivity contribution in [3.05, 3.63) is 52.5 Å². The van der Waals surface area contributed by atoms with Crippen molar-refractivity contribution >= 4 is 27.7 Å². The molecule has 0 aliphatic heterocycles. The van der Waals surface area contributed by atoms with Crippen LogP contribution in [0.4, 0.5) is 0 Å². The summed E-state index contributed by atoms with van der Waals surface area (Å²) in [6.45, 7) is 7.44. The Balaban J connectivity index is 2.22. The topological polar surface area (TPSA) is 77.1 Å². The minimum Gasteiger partial charge on any atom is -0.496 e. The van der Waals surface area contributed by atoms with Crippen LogP contribution in [0.5, 0.6) is 17.2 Å². The van der Waals surface area contributed by atoms with Gasteiger partial charge >= 0.3 is 0 Å². The van der Waals surface area contributed by atoms with Crippen LogP contribution in [-0.4, -0.2) is 49.1 Å². The summed E-state index contributed by atoms with van der Waals surface area (Å²) in [6.07, 6.45) is 0. The van der Waals surface area contributed by atoms with Gasteiger partial charge in [-0.25, -0.2) is 0 Å². The highest BCUT2D eigenvalue weighted by molar-refractivity contribution is 9.10. The van der Waals surface area contributed by atoms with Crippen molar-refractivity contribution in [2.45, 2.75) is 45.8 Å². The predicted molar refractivity (Wildman–Crippen MR) is 127 cm³/mol. The van der Waals surface area contributed by atoms with E-state index in [0.717, 1.165) is 10.0 Å². The van der Waals surface area contributed by atoms with Crippen LogP contribution in [0, 0.1) is 0 Å². The van der Waals surface area contributed by atoms with Gasteiger partial charge in [0.25, 0.3) is 5.91 Å². The highest BCUT2D eigenvalue weighted by atomic mass is 79.9. The van der Waals surface area contributed by atoms with Gasteiger partial charge in [-0.15, -0.1) is 0 Å². The Labute approximate surface area is 198 Å². The molecule has 0 unspecified atom stereocenters. The van der Waals surface area contributed by atoms with Gasteiger partial charge in [-0.05, 0) is 45.4 Å². The van der Waals surface area contributed by atoms with E-state index >= 15 is 0 Å². The van der Waals surface area contributed by atoms with Crippen molar-refractivity contribution in [2.24, 2.45) is 0 Å². The zero-order chi connectivity index (χ0) is 23.9. The van der Waals surface area contributed by atoms with Gasteiger partial charge < -0.3 is 24.4 Å². The van der Waals surface area contributed by atoms with Crippen molar-refractivity contribution in [3.63, 3.8) is 0 Å². The summed E-state index contributed by atoms with van der Waals surface area (Å²) < 4.78 is 17.1. The maximum absolute atomic E-state index is 13.2. The Morgan fingerprint density at radius 1 is 1.03 bits per heavy atom. The molecule has 0 aromatic heterocycles. The van der Waals surface area contributed by atoms with E-state index in [1.165, 1.54) is 4.90 Å². The monoisotopic (exact) mass is 506 g/mol. The average Bonchev–Trinajstić information content (AvgIpc) is 2.73. The molecule has 1 atom stereocenters. The molecule has 7 nitrogen and oxygen atoms in total. The van der Waals surface area contributed by atoms with E-state index < -0.39 is 11.6 Å². The lowest BCUT2D eigenvalue weighted by Crippen LogP contribution is -2.53. The molecule has 174 valence electrons. The third-order valence-electron chi connectivity index (χ3n) is 4.59. The zero-order valence-corrected chi connectivity index (χ0v) is 21.0. The molecule has 0 saturated heterocycles. The molecule has 0 aliphatic carbocycles. The first kappa shape index (κ1) is 25.5. The van der Waals surface area contributed by atoms with Crippen molar-refractivity contribution in [3.8, 4) is 17.2 Å². The van der Waals surface area contributed by atoms with Crippen molar-refractivity contribution < 1.29 is 23.8 Å². The number of methoxy groups -OCH3 is 2. The molecule has 0 bridgehead atoms. The summed E-state index contributed by atoms with van der Waals surface area (Å²) in [5, 5.41) is 2.94. The molecule has 0 heterocycles. The van der Waals surface area contributed by atoms with Crippen LogP contribution >= 0.6 is 15.9 Å². The number of nitrogens with zero attached hydrogens (tertiary/aromatic N) is 1. The molecule has 1 N–H and O–H groups in total. The molecule has 2 aromatic rings. The Morgan fingerprint density at radius 2 is 1.62 bits per heavy atom. The van der Waals surface area contributed by atoms with Crippen LogP contribution in [0.1, 0.15) is 33.3 Å². The van der Waals surface area contributed by atoms with E-state index in [0.29, 0.717) is 17.2 Å². The molecule has 0 aliphatic rings. The number of nitrogens with one attached hydrogen (secondary N) is 1. The van der Waals surface area contributed by atoms with E-state index in [2.05, 4.69) is 21.2 Å². The maximum Gasteiger partial charge on any atom is 0.261 e.